The average molecular weight is 257 g/mol. The number of aliphatic hydroxyl groups is 1. The first-order valence-corrected chi connectivity index (χ1v) is 6.27. The smallest absolute Gasteiger partial charge is 0.117 e. The molecular weight excluding hydrogens is 244 g/mol. The Kier molecular flexibility index (Phi) is 3.33. The molecule has 3 nitrogen and oxygen atoms in total. The fraction of sp³-hybridized carbons (Fsp3) is 0.364. The lowest BCUT2D eigenvalue weighted by molar-refractivity contribution is 0.223. The lowest BCUT2D eigenvalue weighted by atomic mass is 10.1. The van der Waals surface area contributed by atoms with Gasteiger partial charge in [-0.05, 0) is 18.6 Å². The summed E-state index contributed by atoms with van der Waals surface area (Å²) in [6, 6.07) is 3.65. The van der Waals surface area contributed by atoms with Crippen molar-refractivity contribution in [2.24, 2.45) is 7.05 Å². The minimum absolute atomic E-state index is 0.624. The van der Waals surface area contributed by atoms with Gasteiger partial charge in [0, 0.05) is 23.7 Å². The summed E-state index contributed by atoms with van der Waals surface area (Å²) < 4.78 is 2.42. The molecule has 2 aromatic rings. The van der Waals surface area contributed by atoms with Crippen molar-refractivity contribution in [3.8, 4) is 0 Å². The third-order valence-electron chi connectivity index (χ3n) is 2.43. The van der Waals surface area contributed by atoms with Crippen LogP contribution in [0.3, 0.4) is 0 Å². The maximum Gasteiger partial charge on any atom is 0.117 e. The number of halogens is 1. The summed E-state index contributed by atoms with van der Waals surface area (Å²) in [6.45, 7) is 2.03. The molecule has 0 saturated heterocycles. The molecular formula is C11H13ClN2OS. The second kappa shape index (κ2) is 4.57. The molecule has 0 amide bonds. The molecule has 1 unspecified atom stereocenters. The Balaban J connectivity index is 2.36. The van der Waals surface area contributed by atoms with Crippen LogP contribution in [-0.2, 0) is 13.5 Å². The second-order valence-electron chi connectivity index (χ2n) is 3.60. The first-order chi connectivity index (χ1) is 7.61. The summed E-state index contributed by atoms with van der Waals surface area (Å²) in [5.74, 6) is 0. The third-order valence-corrected chi connectivity index (χ3v) is 3.71. The highest BCUT2D eigenvalue weighted by Gasteiger charge is 2.18. The number of rotatable bonds is 3. The van der Waals surface area contributed by atoms with Crippen LogP contribution in [-0.4, -0.2) is 14.9 Å². The standard InChI is InChI=1S/C11H13ClN2OS/c1-3-8-7(6-14(2)13-8)11(15)9-4-5-10(12)16-9/h4-6,11,15H,3H2,1-2H3. The van der Waals surface area contributed by atoms with Crippen molar-refractivity contribution in [1.29, 1.82) is 0 Å². The largest absolute Gasteiger partial charge is 0.383 e. The van der Waals surface area contributed by atoms with Crippen LogP contribution in [0.2, 0.25) is 4.34 Å². The van der Waals surface area contributed by atoms with E-state index >= 15 is 0 Å². The Morgan fingerprint density at radius 3 is 2.88 bits per heavy atom. The average Bonchev–Trinajstić information content (AvgIpc) is 2.83. The van der Waals surface area contributed by atoms with E-state index in [-0.39, 0.29) is 0 Å². The quantitative estimate of drug-likeness (QED) is 0.917. The minimum Gasteiger partial charge on any atom is -0.383 e. The van der Waals surface area contributed by atoms with Gasteiger partial charge in [-0.15, -0.1) is 11.3 Å². The van der Waals surface area contributed by atoms with Crippen LogP contribution in [0.4, 0.5) is 0 Å². The Bertz CT molecular complexity index is 492. The summed E-state index contributed by atoms with van der Waals surface area (Å²) in [5.41, 5.74) is 1.79. The SMILES string of the molecule is CCc1nn(C)cc1C(O)c1ccc(Cl)s1. The highest BCUT2D eigenvalue weighted by Crippen LogP contribution is 2.32. The predicted octanol–water partition coefficient (Wildman–Crippen LogP) is 2.78. The molecule has 2 aromatic heterocycles. The summed E-state index contributed by atoms with van der Waals surface area (Å²) in [4.78, 5) is 0.854. The zero-order valence-corrected chi connectivity index (χ0v) is 10.7. The molecule has 0 spiro atoms. The molecule has 0 bridgehead atoms. The van der Waals surface area contributed by atoms with Gasteiger partial charge in [-0.1, -0.05) is 18.5 Å². The summed E-state index contributed by atoms with van der Waals surface area (Å²) in [5, 5.41) is 14.5. The van der Waals surface area contributed by atoms with Gasteiger partial charge >= 0.3 is 0 Å². The summed E-state index contributed by atoms with van der Waals surface area (Å²) >= 11 is 7.25. The number of aliphatic hydroxyl groups excluding tert-OH is 1. The lowest BCUT2D eigenvalue weighted by Crippen LogP contribution is -1.99. The van der Waals surface area contributed by atoms with Crippen LogP contribution < -0.4 is 0 Å². The van der Waals surface area contributed by atoms with Gasteiger partial charge in [0.1, 0.15) is 6.10 Å². The van der Waals surface area contributed by atoms with Crippen molar-refractivity contribution < 1.29 is 5.11 Å². The minimum atomic E-state index is -0.624. The number of hydrogen-bond donors (Lipinski definition) is 1. The van der Waals surface area contributed by atoms with Crippen LogP contribution >= 0.6 is 22.9 Å². The highest BCUT2D eigenvalue weighted by molar-refractivity contribution is 7.16. The topological polar surface area (TPSA) is 38.0 Å². The molecule has 2 heterocycles. The lowest BCUT2D eigenvalue weighted by Gasteiger charge is -2.07. The maximum atomic E-state index is 10.2. The first kappa shape index (κ1) is 11.6. The molecule has 86 valence electrons. The number of hydrogen-bond acceptors (Lipinski definition) is 3. The molecule has 0 fully saturated rings. The fourth-order valence-electron chi connectivity index (χ4n) is 1.68. The van der Waals surface area contributed by atoms with Crippen molar-refractivity contribution in [3.05, 3.63) is 38.8 Å². The van der Waals surface area contributed by atoms with Crippen LogP contribution in [0.1, 0.15) is 29.2 Å². The van der Waals surface area contributed by atoms with Gasteiger partial charge in [-0.2, -0.15) is 5.10 Å². The van der Waals surface area contributed by atoms with E-state index in [9.17, 15) is 5.11 Å². The van der Waals surface area contributed by atoms with E-state index in [1.165, 1.54) is 11.3 Å². The van der Waals surface area contributed by atoms with Gasteiger partial charge in [0.2, 0.25) is 0 Å². The summed E-state index contributed by atoms with van der Waals surface area (Å²) in [6.07, 6.45) is 2.05. The molecule has 0 aromatic carbocycles. The number of aryl methyl sites for hydroxylation is 2. The molecule has 5 heteroatoms. The van der Waals surface area contributed by atoms with Gasteiger partial charge in [-0.25, -0.2) is 0 Å². The number of thiophene rings is 1. The highest BCUT2D eigenvalue weighted by atomic mass is 35.5. The molecule has 16 heavy (non-hydrogen) atoms. The number of nitrogens with zero attached hydrogens (tertiary/aromatic N) is 2. The van der Waals surface area contributed by atoms with Gasteiger partial charge in [-0.3, -0.25) is 4.68 Å². The maximum absolute atomic E-state index is 10.2. The Morgan fingerprint density at radius 1 is 1.56 bits per heavy atom. The fourth-order valence-corrected chi connectivity index (χ4v) is 2.75. The number of aromatic nitrogens is 2. The van der Waals surface area contributed by atoms with Crippen molar-refractivity contribution in [2.45, 2.75) is 19.4 Å². The summed E-state index contributed by atoms with van der Waals surface area (Å²) in [7, 11) is 1.86. The molecule has 0 aliphatic heterocycles. The zero-order valence-electron chi connectivity index (χ0n) is 9.14. The predicted molar refractivity (Wildman–Crippen MR) is 66.0 cm³/mol. The Labute approximate surface area is 103 Å². The van der Waals surface area contributed by atoms with Gasteiger partial charge < -0.3 is 5.11 Å². The molecule has 0 radical (unpaired) electrons. The van der Waals surface area contributed by atoms with Crippen molar-refractivity contribution in [2.75, 3.05) is 0 Å². The van der Waals surface area contributed by atoms with Crippen LogP contribution in [0.25, 0.3) is 0 Å². The molecule has 0 aliphatic rings. The molecule has 0 aliphatic carbocycles. The van der Waals surface area contributed by atoms with E-state index in [2.05, 4.69) is 5.10 Å². The second-order valence-corrected chi connectivity index (χ2v) is 5.35. The van der Waals surface area contributed by atoms with E-state index in [0.717, 1.165) is 22.6 Å². The Morgan fingerprint density at radius 2 is 2.31 bits per heavy atom. The van der Waals surface area contributed by atoms with Crippen molar-refractivity contribution in [3.63, 3.8) is 0 Å². The first-order valence-electron chi connectivity index (χ1n) is 5.07. The van der Waals surface area contributed by atoms with Crippen LogP contribution in [0, 0.1) is 0 Å². The third kappa shape index (κ3) is 2.14. The normalized spacial score (nSPS) is 13.0. The Hall–Kier alpha value is -0.840. The monoisotopic (exact) mass is 256 g/mol. The molecule has 0 saturated carbocycles. The molecule has 2 rings (SSSR count). The van der Waals surface area contributed by atoms with Gasteiger partial charge in [0.05, 0.1) is 10.0 Å². The van der Waals surface area contributed by atoms with E-state index < -0.39 is 6.10 Å². The van der Waals surface area contributed by atoms with Gasteiger partial charge in [0.25, 0.3) is 0 Å². The van der Waals surface area contributed by atoms with Crippen LogP contribution in [0.15, 0.2) is 18.3 Å². The molecule has 1 atom stereocenters. The van der Waals surface area contributed by atoms with Crippen molar-refractivity contribution in [1.82, 2.24) is 9.78 Å². The molecule has 1 N–H and O–H groups in total. The van der Waals surface area contributed by atoms with E-state index in [0.29, 0.717) is 4.34 Å². The van der Waals surface area contributed by atoms with Crippen molar-refractivity contribution >= 4 is 22.9 Å². The van der Waals surface area contributed by atoms with E-state index in [1.54, 1.807) is 10.7 Å². The van der Waals surface area contributed by atoms with Crippen LogP contribution in [0.5, 0.6) is 0 Å². The van der Waals surface area contributed by atoms with E-state index in [1.807, 2.05) is 26.2 Å². The zero-order chi connectivity index (χ0) is 11.7. The van der Waals surface area contributed by atoms with Gasteiger partial charge in [0.15, 0.2) is 0 Å². The van der Waals surface area contributed by atoms with E-state index in [4.69, 9.17) is 11.6 Å².